The number of hydrogen-bond donors (Lipinski definition) is 2. The van der Waals surface area contributed by atoms with Gasteiger partial charge in [-0.2, -0.15) is 0 Å². The summed E-state index contributed by atoms with van der Waals surface area (Å²) >= 11 is 13.1. The third-order valence-corrected chi connectivity index (χ3v) is 5.07. The molecule has 0 bridgehead atoms. The van der Waals surface area contributed by atoms with E-state index in [1.165, 1.54) is 10.5 Å². The molecule has 0 unspecified atom stereocenters. The van der Waals surface area contributed by atoms with Crippen molar-refractivity contribution < 1.29 is 0 Å². The van der Waals surface area contributed by atoms with Crippen molar-refractivity contribution in [3.8, 4) is 0 Å². The van der Waals surface area contributed by atoms with Crippen molar-refractivity contribution in [2.75, 3.05) is 17.6 Å². The second-order valence-electron chi connectivity index (χ2n) is 5.57. The average Bonchev–Trinajstić information content (AvgIpc) is 2.52. The maximum absolute atomic E-state index is 5.89. The molecule has 2 rings (SSSR count). The van der Waals surface area contributed by atoms with Gasteiger partial charge >= 0.3 is 0 Å². The Balaban J connectivity index is 1.70. The molecule has 0 aliphatic rings. The highest BCUT2D eigenvalue weighted by Crippen LogP contribution is 2.22. The summed E-state index contributed by atoms with van der Waals surface area (Å²) in [4.78, 5) is 1.24. The van der Waals surface area contributed by atoms with Gasteiger partial charge in [0.15, 0.2) is 5.11 Å². The number of aryl methyl sites for hydroxylation is 1. The Labute approximate surface area is 153 Å². The van der Waals surface area contributed by atoms with E-state index in [2.05, 4.69) is 48.7 Å². The van der Waals surface area contributed by atoms with E-state index in [0.29, 0.717) is 11.0 Å². The zero-order valence-corrected chi connectivity index (χ0v) is 15.7. The minimum atomic E-state index is 0.507. The van der Waals surface area contributed by atoms with Crippen LogP contribution in [0.25, 0.3) is 0 Å². The van der Waals surface area contributed by atoms with Gasteiger partial charge in [0.1, 0.15) is 0 Å². The number of hydrogen-bond acceptors (Lipinski definition) is 2. The van der Waals surface area contributed by atoms with Crippen LogP contribution in [0.15, 0.2) is 53.4 Å². The number of anilines is 1. The zero-order chi connectivity index (χ0) is 16.7. The molecule has 0 aliphatic heterocycles. The van der Waals surface area contributed by atoms with E-state index in [4.69, 9.17) is 23.8 Å². The van der Waals surface area contributed by atoms with Crippen LogP contribution in [0.5, 0.6) is 0 Å². The van der Waals surface area contributed by atoms with Crippen LogP contribution in [-0.4, -0.2) is 17.4 Å². The summed E-state index contributed by atoms with van der Waals surface area (Å²) in [7, 11) is 0. The molecule has 0 aliphatic carbocycles. The monoisotopic (exact) mass is 364 g/mol. The Morgan fingerprint density at radius 1 is 1.22 bits per heavy atom. The predicted molar refractivity (Wildman–Crippen MR) is 107 cm³/mol. The molecule has 5 heteroatoms. The Morgan fingerprint density at radius 2 is 1.96 bits per heavy atom. The molecule has 0 spiro atoms. The largest absolute Gasteiger partial charge is 0.362 e. The highest BCUT2D eigenvalue weighted by molar-refractivity contribution is 7.99. The summed E-state index contributed by atoms with van der Waals surface area (Å²) in [6, 6.07) is 16.1. The molecule has 0 aromatic heterocycles. The smallest absolute Gasteiger partial charge is 0.170 e. The molecule has 2 N–H and O–H groups in total. The Bertz CT molecular complexity index is 644. The van der Waals surface area contributed by atoms with Gasteiger partial charge in [-0.25, -0.2) is 0 Å². The molecule has 122 valence electrons. The molecule has 0 radical (unpaired) electrons. The van der Waals surface area contributed by atoms with E-state index in [1.54, 1.807) is 0 Å². The van der Waals surface area contributed by atoms with Gasteiger partial charge in [0.05, 0.1) is 0 Å². The van der Waals surface area contributed by atoms with Crippen LogP contribution in [0, 0.1) is 12.8 Å². The Morgan fingerprint density at radius 3 is 2.65 bits per heavy atom. The van der Waals surface area contributed by atoms with E-state index < -0.39 is 0 Å². The van der Waals surface area contributed by atoms with Crippen molar-refractivity contribution in [1.82, 2.24) is 5.32 Å². The third-order valence-electron chi connectivity index (χ3n) is 3.24. The number of rotatable bonds is 6. The van der Waals surface area contributed by atoms with Crippen molar-refractivity contribution in [3.05, 3.63) is 59.1 Å². The van der Waals surface area contributed by atoms with Crippen molar-refractivity contribution in [1.29, 1.82) is 0 Å². The standard InChI is InChI=1S/C18H21ClN2S2/c1-13-4-3-5-16(10-13)21-18(22)20-11-14(2)12-23-17-8-6-15(19)7-9-17/h3-10,14H,11-12H2,1-2H3,(H2,20,21,22)/t14-/m0/s1. The SMILES string of the molecule is Cc1cccc(NC(=S)NC[C@H](C)CSc2ccc(Cl)cc2)c1. The fourth-order valence-corrected chi connectivity index (χ4v) is 3.24. The first kappa shape index (κ1) is 18.1. The first-order valence-electron chi connectivity index (χ1n) is 7.53. The lowest BCUT2D eigenvalue weighted by Crippen LogP contribution is -2.32. The van der Waals surface area contributed by atoms with Gasteiger partial charge in [-0.05, 0) is 67.0 Å². The summed E-state index contributed by atoms with van der Waals surface area (Å²) in [5.74, 6) is 1.54. The van der Waals surface area contributed by atoms with Gasteiger partial charge in [-0.15, -0.1) is 11.8 Å². The van der Waals surface area contributed by atoms with E-state index in [9.17, 15) is 0 Å². The zero-order valence-electron chi connectivity index (χ0n) is 13.3. The molecular formula is C18H21ClN2S2. The first-order chi connectivity index (χ1) is 11.0. The quantitative estimate of drug-likeness (QED) is 0.532. The fourth-order valence-electron chi connectivity index (χ4n) is 1.99. The summed E-state index contributed by atoms with van der Waals surface area (Å²) in [5, 5.41) is 7.94. The van der Waals surface area contributed by atoms with E-state index in [0.717, 1.165) is 23.0 Å². The van der Waals surface area contributed by atoms with Crippen molar-refractivity contribution in [2.24, 2.45) is 5.92 Å². The molecule has 2 aromatic carbocycles. The van der Waals surface area contributed by atoms with Crippen LogP contribution in [-0.2, 0) is 0 Å². The van der Waals surface area contributed by atoms with Crippen LogP contribution < -0.4 is 10.6 Å². The van der Waals surface area contributed by atoms with Gasteiger partial charge in [0.25, 0.3) is 0 Å². The maximum Gasteiger partial charge on any atom is 0.170 e. The summed E-state index contributed by atoms with van der Waals surface area (Å²) < 4.78 is 0. The van der Waals surface area contributed by atoms with Crippen molar-refractivity contribution >= 4 is 46.4 Å². The molecule has 0 fully saturated rings. The van der Waals surface area contributed by atoms with Crippen LogP contribution in [0.1, 0.15) is 12.5 Å². The average molecular weight is 365 g/mol. The molecule has 2 nitrogen and oxygen atoms in total. The van der Waals surface area contributed by atoms with E-state index >= 15 is 0 Å². The molecular weight excluding hydrogens is 344 g/mol. The van der Waals surface area contributed by atoms with Crippen molar-refractivity contribution in [3.63, 3.8) is 0 Å². The number of benzene rings is 2. The first-order valence-corrected chi connectivity index (χ1v) is 9.30. The van der Waals surface area contributed by atoms with Crippen LogP contribution in [0.4, 0.5) is 5.69 Å². The maximum atomic E-state index is 5.89. The van der Waals surface area contributed by atoms with Crippen LogP contribution in [0.3, 0.4) is 0 Å². The van der Waals surface area contributed by atoms with Crippen LogP contribution in [0.2, 0.25) is 5.02 Å². The van der Waals surface area contributed by atoms with Gasteiger partial charge < -0.3 is 10.6 Å². The molecule has 0 heterocycles. The van der Waals surface area contributed by atoms with Crippen molar-refractivity contribution in [2.45, 2.75) is 18.7 Å². The molecule has 0 amide bonds. The highest BCUT2D eigenvalue weighted by atomic mass is 35.5. The number of nitrogens with one attached hydrogen (secondary N) is 2. The summed E-state index contributed by atoms with van der Waals surface area (Å²) in [6.07, 6.45) is 0. The number of thiocarbonyl (C=S) groups is 1. The molecule has 2 aromatic rings. The van der Waals surface area contributed by atoms with Crippen LogP contribution >= 0.6 is 35.6 Å². The second-order valence-corrected chi connectivity index (χ2v) is 7.51. The number of halogens is 1. The summed E-state index contributed by atoms with van der Waals surface area (Å²) in [5.41, 5.74) is 2.23. The van der Waals surface area contributed by atoms with E-state index in [-0.39, 0.29) is 0 Å². The Hall–Kier alpha value is -1.23. The predicted octanol–water partition coefficient (Wildman–Crippen LogP) is 5.36. The second kappa shape index (κ2) is 9.16. The van der Waals surface area contributed by atoms with Gasteiger partial charge in [-0.3, -0.25) is 0 Å². The molecule has 1 atom stereocenters. The molecule has 0 saturated carbocycles. The number of thioether (sulfide) groups is 1. The molecule has 23 heavy (non-hydrogen) atoms. The van der Waals surface area contributed by atoms with Gasteiger partial charge in [-0.1, -0.05) is 30.7 Å². The summed E-state index contributed by atoms with van der Waals surface area (Å²) in [6.45, 7) is 5.13. The molecule has 0 saturated heterocycles. The Kier molecular flexibility index (Phi) is 7.21. The lowest BCUT2D eigenvalue weighted by atomic mass is 10.2. The normalized spacial score (nSPS) is 11.8. The highest BCUT2D eigenvalue weighted by Gasteiger charge is 2.05. The topological polar surface area (TPSA) is 24.1 Å². The third kappa shape index (κ3) is 6.81. The van der Waals surface area contributed by atoms with Gasteiger partial charge in [0, 0.05) is 27.9 Å². The minimum absolute atomic E-state index is 0.507. The lowest BCUT2D eigenvalue weighted by molar-refractivity contribution is 0.637. The van der Waals surface area contributed by atoms with Gasteiger partial charge in [0.2, 0.25) is 0 Å². The lowest BCUT2D eigenvalue weighted by Gasteiger charge is -2.15. The fraction of sp³-hybridized carbons (Fsp3) is 0.278. The van der Waals surface area contributed by atoms with E-state index in [1.807, 2.05) is 36.0 Å². The minimum Gasteiger partial charge on any atom is -0.362 e.